The van der Waals surface area contributed by atoms with Gasteiger partial charge < -0.3 is 9.84 Å². The van der Waals surface area contributed by atoms with E-state index in [9.17, 15) is 18.3 Å². The molecule has 2 unspecified atom stereocenters. The van der Waals surface area contributed by atoms with E-state index in [0.717, 1.165) is 6.42 Å². The molecule has 0 aromatic rings. The highest BCUT2D eigenvalue weighted by atomic mass is 19.4. The SMILES string of the molecule is CCC(CCOCC(F)(F)F)C(C)O. The van der Waals surface area contributed by atoms with Crippen LogP contribution in [0, 0.1) is 5.92 Å². The molecule has 0 saturated heterocycles. The molecule has 0 fully saturated rings. The van der Waals surface area contributed by atoms with Gasteiger partial charge in [-0.05, 0) is 19.3 Å². The molecule has 0 saturated carbocycles. The Kier molecular flexibility index (Phi) is 6.11. The Morgan fingerprint density at radius 3 is 2.29 bits per heavy atom. The summed E-state index contributed by atoms with van der Waals surface area (Å²) in [5.74, 6) is 0.0169. The van der Waals surface area contributed by atoms with Gasteiger partial charge in [0.05, 0.1) is 6.10 Å². The van der Waals surface area contributed by atoms with Crippen molar-refractivity contribution in [3.8, 4) is 0 Å². The molecule has 5 heteroatoms. The minimum Gasteiger partial charge on any atom is -0.393 e. The summed E-state index contributed by atoms with van der Waals surface area (Å²) in [5, 5.41) is 9.19. The monoisotopic (exact) mass is 214 g/mol. The fraction of sp³-hybridized carbons (Fsp3) is 1.00. The zero-order valence-electron chi connectivity index (χ0n) is 8.47. The lowest BCUT2D eigenvalue weighted by Crippen LogP contribution is -2.21. The van der Waals surface area contributed by atoms with Crippen LogP contribution in [0.5, 0.6) is 0 Å². The maximum absolute atomic E-state index is 11.6. The molecule has 0 bridgehead atoms. The van der Waals surface area contributed by atoms with E-state index in [1.54, 1.807) is 6.92 Å². The summed E-state index contributed by atoms with van der Waals surface area (Å²) in [6.45, 7) is 2.37. The first-order chi connectivity index (χ1) is 6.37. The number of aliphatic hydroxyl groups is 1. The summed E-state index contributed by atoms with van der Waals surface area (Å²) >= 11 is 0. The van der Waals surface area contributed by atoms with Gasteiger partial charge in [0.2, 0.25) is 0 Å². The third kappa shape index (κ3) is 7.15. The van der Waals surface area contributed by atoms with Gasteiger partial charge in [-0.1, -0.05) is 13.3 Å². The van der Waals surface area contributed by atoms with Crippen molar-refractivity contribution in [3.63, 3.8) is 0 Å². The Morgan fingerprint density at radius 2 is 1.93 bits per heavy atom. The van der Waals surface area contributed by atoms with Crippen LogP contribution in [0.15, 0.2) is 0 Å². The first kappa shape index (κ1) is 13.7. The molecule has 0 radical (unpaired) electrons. The van der Waals surface area contributed by atoms with Crippen molar-refractivity contribution >= 4 is 0 Å². The maximum Gasteiger partial charge on any atom is 0.411 e. The molecule has 0 aliphatic heterocycles. The summed E-state index contributed by atoms with van der Waals surface area (Å²) in [6, 6.07) is 0. The second kappa shape index (κ2) is 6.24. The Hall–Kier alpha value is -0.290. The van der Waals surface area contributed by atoms with Gasteiger partial charge in [0.15, 0.2) is 0 Å². The lowest BCUT2D eigenvalue weighted by atomic mass is 9.97. The average Bonchev–Trinajstić information content (AvgIpc) is 2.01. The minimum absolute atomic E-state index is 0.0169. The zero-order chi connectivity index (χ0) is 11.2. The predicted molar refractivity (Wildman–Crippen MR) is 47.0 cm³/mol. The average molecular weight is 214 g/mol. The zero-order valence-corrected chi connectivity index (χ0v) is 8.47. The second-order valence-corrected chi connectivity index (χ2v) is 3.37. The first-order valence-corrected chi connectivity index (χ1v) is 4.69. The number of alkyl halides is 3. The number of ether oxygens (including phenoxy) is 1. The molecule has 0 aliphatic carbocycles. The molecule has 0 aliphatic rings. The highest BCUT2D eigenvalue weighted by Crippen LogP contribution is 2.16. The van der Waals surface area contributed by atoms with Gasteiger partial charge in [0.1, 0.15) is 6.61 Å². The maximum atomic E-state index is 11.6. The molecule has 2 nitrogen and oxygen atoms in total. The summed E-state index contributed by atoms with van der Waals surface area (Å²) in [4.78, 5) is 0. The van der Waals surface area contributed by atoms with Crippen LogP contribution in [0.3, 0.4) is 0 Å². The van der Waals surface area contributed by atoms with Crippen LogP contribution in [0.2, 0.25) is 0 Å². The molecule has 0 heterocycles. The van der Waals surface area contributed by atoms with Crippen molar-refractivity contribution < 1.29 is 23.0 Å². The van der Waals surface area contributed by atoms with Crippen molar-refractivity contribution in [2.24, 2.45) is 5.92 Å². The topological polar surface area (TPSA) is 29.5 Å². The Morgan fingerprint density at radius 1 is 1.36 bits per heavy atom. The predicted octanol–water partition coefficient (Wildman–Crippen LogP) is 2.36. The van der Waals surface area contributed by atoms with Crippen molar-refractivity contribution in [1.82, 2.24) is 0 Å². The van der Waals surface area contributed by atoms with E-state index in [-0.39, 0.29) is 12.5 Å². The summed E-state index contributed by atoms with van der Waals surface area (Å²) in [6.07, 6.45) is -3.54. The quantitative estimate of drug-likeness (QED) is 0.688. The largest absolute Gasteiger partial charge is 0.411 e. The van der Waals surface area contributed by atoms with E-state index >= 15 is 0 Å². The van der Waals surface area contributed by atoms with Crippen molar-refractivity contribution in [3.05, 3.63) is 0 Å². The summed E-state index contributed by atoms with van der Waals surface area (Å²) < 4.78 is 39.4. The lowest BCUT2D eigenvalue weighted by Gasteiger charge is -2.17. The van der Waals surface area contributed by atoms with Crippen LogP contribution in [0.1, 0.15) is 26.7 Å². The van der Waals surface area contributed by atoms with E-state index in [4.69, 9.17) is 0 Å². The molecule has 0 aromatic heterocycles. The lowest BCUT2D eigenvalue weighted by molar-refractivity contribution is -0.175. The molecule has 0 amide bonds. The standard InChI is InChI=1S/C9H17F3O2/c1-3-8(7(2)13)4-5-14-6-9(10,11)12/h7-8,13H,3-6H2,1-2H3. The van der Waals surface area contributed by atoms with Gasteiger partial charge in [-0.25, -0.2) is 0 Å². The van der Waals surface area contributed by atoms with E-state index in [2.05, 4.69) is 4.74 Å². The first-order valence-electron chi connectivity index (χ1n) is 4.69. The van der Waals surface area contributed by atoms with Crippen molar-refractivity contribution in [2.45, 2.75) is 39.0 Å². The molecule has 14 heavy (non-hydrogen) atoms. The van der Waals surface area contributed by atoms with Crippen LogP contribution < -0.4 is 0 Å². The molecule has 0 rings (SSSR count). The second-order valence-electron chi connectivity index (χ2n) is 3.37. The Balaban J connectivity index is 3.52. The van der Waals surface area contributed by atoms with E-state index in [1.165, 1.54) is 0 Å². The molecular formula is C9H17F3O2. The number of rotatable bonds is 6. The molecule has 86 valence electrons. The number of hydrogen-bond donors (Lipinski definition) is 1. The summed E-state index contributed by atoms with van der Waals surface area (Å²) in [7, 11) is 0. The van der Waals surface area contributed by atoms with Gasteiger partial charge in [-0.2, -0.15) is 13.2 Å². The van der Waals surface area contributed by atoms with E-state index in [0.29, 0.717) is 6.42 Å². The Labute approximate surface area is 82.1 Å². The Bertz CT molecular complexity index is 145. The van der Waals surface area contributed by atoms with Crippen LogP contribution in [-0.2, 0) is 4.74 Å². The third-order valence-corrected chi connectivity index (χ3v) is 2.11. The van der Waals surface area contributed by atoms with Crippen LogP contribution in [0.25, 0.3) is 0 Å². The van der Waals surface area contributed by atoms with Gasteiger partial charge in [-0.3, -0.25) is 0 Å². The molecule has 0 aromatic carbocycles. The van der Waals surface area contributed by atoms with Gasteiger partial charge in [0.25, 0.3) is 0 Å². The fourth-order valence-corrected chi connectivity index (χ4v) is 1.21. The fourth-order valence-electron chi connectivity index (χ4n) is 1.21. The van der Waals surface area contributed by atoms with Crippen molar-refractivity contribution in [1.29, 1.82) is 0 Å². The molecule has 0 spiro atoms. The summed E-state index contributed by atoms with van der Waals surface area (Å²) in [5.41, 5.74) is 0. The van der Waals surface area contributed by atoms with Crippen molar-refractivity contribution in [2.75, 3.05) is 13.2 Å². The number of aliphatic hydroxyl groups excluding tert-OH is 1. The normalized spacial score (nSPS) is 16.7. The molecule has 2 atom stereocenters. The third-order valence-electron chi connectivity index (χ3n) is 2.11. The molecule has 1 N–H and O–H groups in total. The van der Waals surface area contributed by atoms with E-state index < -0.39 is 18.9 Å². The van der Waals surface area contributed by atoms with E-state index in [1.807, 2.05) is 6.92 Å². The highest BCUT2D eigenvalue weighted by Gasteiger charge is 2.27. The highest BCUT2D eigenvalue weighted by molar-refractivity contribution is 4.62. The minimum atomic E-state index is -4.26. The van der Waals surface area contributed by atoms with Crippen LogP contribution in [0.4, 0.5) is 13.2 Å². The van der Waals surface area contributed by atoms with Crippen LogP contribution in [-0.4, -0.2) is 30.6 Å². The smallest absolute Gasteiger partial charge is 0.393 e. The van der Waals surface area contributed by atoms with Gasteiger partial charge >= 0.3 is 6.18 Å². The number of halogens is 3. The van der Waals surface area contributed by atoms with Crippen LogP contribution >= 0.6 is 0 Å². The molecular weight excluding hydrogens is 197 g/mol. The number of hydrogen-bond acceptors (Lipinski definition) is 2. The van der Waals surface area contributed by atoms with Gasteiger partial charge in [0, 0.05) is 6.61 Å². The van der Waals surface area contributed by atoms with Gasteiger partial charge in [-0.15, -0.1) is 0 Å².